The molecule has 2 rings (SSSR count). The van der Waals surface area contributed by atoms with Crippen LogP contribution in [0.2, 0.25) is 0 Å². The molecule has 96 valence electrons. The minimum atomic E-state index is -1.28. The third-order valence-corrected chi connectivity index (χ3v) is 3.01. The summed E-state index contributed by atoms with van der Waals surface area (Å²) in [4.78, 5) is 14.8. The summed E-state index contributed by atoms with van der Waals surface area (Å²) in [6.45, 7) is 0.817. The molecule has 0 aromatic heterocycles. The Bertz CT molecular complexity index is 442. The highest BCUT2D eigenvalue weighted by Crippen LogP contribution is 2.19. The van der Waals surface area contributed by atoms with E-state index in [4.69, 9.17) is 5.11 Å². The zero-order valence-corrected chi connectivity index (χ0v) is 9.91. The van der Waals surface area contributed by atoms with Crippen molar-refractivity contribution in [3.8, 4) is 0 Å². The first-order chi connectivity index (χ1) is 8.66. The Balaban J connectivity index is 1.91. The topological polar surface area (TPSA) is 81.9 Å². The molecule has 2 atom stereocenters. The SMILES string of the molecule is O=C(O)C(O)CCc1ccc(C2CNC=N2)cc1. The van der Waals surface area contributed by atoms with Gasteiger partial charge in [0.15, 0.2) is 6.10 Å². The van der Waals surface area contributed by atoms with Crippen molar-refractivity contribution in [1.29, 1.82) is 0 Å². The normalized spacial score (nSPS) is 19.5. The van der Waals surface area contributed by atoms with E-state index >= 15 is 0 Å². The maximum absolute atomic E-state index is 10.5. The Morgan fingerprint density at radius 1 is 1.44 bits per heavy atom. The Morgan fingerprint density at radius 3 is 2.72 bits per heavy atom. The average molecular weight is 248 g/mol. The molecule has 5 heteroatoms. The van der Waals surface area contributed by atoms with E-state index in [0.717, 1.165) is 17.7 Å². The molecule has 1 heterocycles. The summed E-state index contributed by atoms with van der Waals surface area (Å²) in [7, 11) is 0. The van der Waals surface area contributed by atoms with Gasteiger partial charge in [-0.3, -0.25) is 4.99 Å². The van der Waals surface area contributed by atoms with E-state index in [1.54, 1.807) is 6.34 Å². The van der Waals surface area contributed by atoms with Crippen molar-refractivity contribution in [2.75, 3.05) is 6.54 Å². The van der Waals surface area contributed by atoms with Crippen LogP contribution >= 0.6 is 0 Å². The number of nitrogens with zero attached hydrogens (tertiary/aromatic N) is 1. The van der Waals surface area contributed by atoms with Gasteiger partial charge < -0.3 is 15.5 Å². The van der Waals surface area contributed by atoms with Crippen LogP contribution in [-0.2, 0) is 11.2 Å². The lowest BCUT2D eigenvalue weighted by molar-refractivity contribution is -0.146. The summed E-state index contributed by atoms with van der Waals surface area (Å²) in [6, 6.07) is 8.08. The molecule has 2 unspecified atom stereocenters. The molecule has 0 fully saturated rings. The van der Waals surface area contributed by atoms with Gasteiger partial charge in [0.25, 0.3) is 0 Å². The van der Waals surface area contributed by atoms with Gasteiger partial charge in [-0.25, -0.2) is 4.79 Å². The molecule has 0 bridgehead atoms. The number of benzene rings is 1. The van der Waals surface area contributed by atoms with E-state index in [9.17, 15) is 9.90 Å². The standard InChI is InChI=1S/C13H16N2O3/c16-12(13(17)18)6-3-9-1-4-10(5-2-9)11-7-14-8-15-11/h1-2,4-5,8,11-12,16H,3,6-7H2,(H,14,15)(H,17,18). The number of aliphatic carboxylic acids is 1. The summed E-state index contributed by atoms with van der Waals surface area (Å²) >= 11 is 0. The van der Waals surface area contributed by atoms with Gasteiger partial charge in [0, 0.05) is 6.54 Å². The minimum absolute atomic E-state index is 0.170. The summed E-state index contributed by atoms with van der Waals surface area (Å²) < 4.78 is 0. The maximum Gasteiger partial charge on any atom is 0.332 e. The molecule has 3 N–H and O–H groups in total. The van der Waals surface area contributed by atoms with E-state index in [1.165, 1.54) is 0 Å². The van der Waals surface area contributed by atoms with Crippen LogP contribution in [-0.4, -0.2) is 35.2 Å². The van der Waals surface area contributed by atoms with Gasteiger partial charge in [-0.2, -0.15) is 0 Å². The minimum Gasteiger partial charge on any atom is -0.479 e. The molecule has 0 radical (unpaired) electrons. The van der Waals surface area contributed by atoms with Gasteiger partial charge in [0.1, 0.15) is 0 Å². The highest BCUT2D eigenvalue weighted by molar-refractivity contribution is 5.71. The first kappa shape index (κ1) is 12.6. The van der Waals surface area contributed by atoms with Crippen molar-refractivity contribution >= 4 is 12.3 Å². The van der Waals surface area contributed by atoms with Crippen molar-refractivity contribution in [1.82, 2.24) is 5.32 Å². The van der Waals surface area contributed by atoms with Crippen LogP contribution in [0.1, 0.15) is 23.6 Å². The lowest BCUT2D eigenvalue weighted by Crippen LogP contribution is -2.19. The van der Waals surface area contributed by atoms with E-state index < -0.39 is 12.1 Å². The fraction of sp³-hybridized carbons (Fsp3) is 0.385. The average Bonchev–Trinajstić information content (AvgIpc) is 2.90. The predicted octanol–water partition coefficient (Wildman–Crippen LogP) is 0.737. The van der Waals surface area contributed by atoms with Gasteiger partial charge in [-0.15, -0.1) is 0 Å². The zero-order valence-electron chi connectivity index (χ0n) is 9.91. The second-order valence-electron chi connectivity index (χ2n) is 4.34. The molecule has 0 aliphatic carbocycles. The fourth-order valence-electron chi connectivity index (χ4n) is 1.90. The first-order valence-corrected chi connectivity index (χ1v) is 5.91. The lowest BCUT2D eigenvalue weighted by atomic mass is 10.0. The summed E-state index contributed by atoms with van der Waals surface area (Å²) in [6.07, 6.45) is 1.22. The molecule has 1 aromatic carbocycles. The number of carbonyl (C=O) groups is 1. The molecule has 1 aliphatic rings. The molecular weight excluding hydrogens is 232 g/mol. The van der Waals surface area contributed by atoms with Crippen LogP contribution in [0.25, 0.3) is 0 Å². The summed E-state index contributed by atoms with van der Waals surface area (Å²) in [5.74, 6) is -1.17. The second kappa shape index (κ2) is 5.64. The molecule has 0 amide bonds. The quantitative estimate of drug-likeness (QED) is 0.717. The van der Waals surface area contributed by atoms with Crippen molar-refractivity contribution < 1.29 is 15.0 Å². The van der Waals surface area contributed by atoms with Gasteiger partial charge in [0.2, 0.25) is 0 Å². The maximum atomic E-state index is 10.5. The number of carboxylic acid groups (broad SMARTS) is 1. The smallest absolute Gasteiger partial charge is 0.332 e. The van der Waals surface area contributed by atoms with Crippen molar-refractivity contribution in [3.05, 3.63) is 35.4 Å². The van der Waals surface area contributed by atoms with Crippen molar-refractivity contribution in [2.24, 2.45) is 4.99 Å². The largest absolute Gasteiger partial charge is 0.479 e. The number of carboxylic acids is 1. The third-order valence-electron chi connectivity index (χ3n) is 3.01. The highest BCUT2D eigenvalue weighted by Gasteiger charge is 2.14. The molecule has 0 saturated heterocycles. The van der Waals surface area contributed by atoms with Gasteiger partial charge in [0.05, 0.1) is 12.4 Å². The zero-order chi connectivity index (χ0) is 13.0. The number of hydrogen-bond donors (Lipinski definition) is 3. The predicted molar refractivity (Wildman–Crippen MR) is 67.6 cm³/mol. The molecule has 1 aliphatic heterocycles. The van der Waals surface area contributed by atoms with Crippen LogP contribution < -0.4 is 5.32 Å². The Labute approximate surface area is 105 Å². The molecule has 1 aromatic rings. The van der Waals surface area contributed by atoms with Gasteiger partial charge >= 0.3 is 5.97 Å². The number of nitrogens with one attached hydrogen (secondary N) is 1. The monoisotopic (exact) mass is 248 g/mol. The Morgan fingerprint density at radius 2 is 2.17 bits per heavy atom. The number of aliphatic imine (C=N–C) groups is 1. The van der Waals surface area contributed by atoms with Crippen LogP contribution in [0.5, 0.6) is 0 Å². The van der Waals surface area contributed by atoms with Gasteiger partial charge in [-0.05, 0) is 24.0 Å². The highest BCUT2D eigenvalue weighted by atomic mass is 16.4. The number of hydrogen-bond acceptors (Lipinski definition) is 4. The molecule has 0 saturated carbocycles. The first-order valence-electron chi connectivity index (χ1n) is 5.91. The van der Waals surface area contributed by atoms with Crippen LogP contribution in [0.4, 0.5) is 0 Å². The number of aryl methyl sites for hydroxylation is 1. The molecule has 18 heavy (non-hydrogen) atoms. The number of rotatable bonds is 5. The third kappa shape index (κ3) is 3.07. The van der Waals surface area contributed by atoms with Crippen LogP contribution in [0, 0.1) is 0 Å². The van der Waals surface area contributed by atoms with Crippen molar-refractivity contribution in [3.63, 3.8) is 0 Å². The van der Waals surface area contributed by atoms with E-state index in [1.807, 2.05) is 24.3 Å². The Hall–Kier alpha value is -1.88. The number of aliphatic hydroxyl groups is 1. The van der Waals surface area contributed by atoms with Crippen molar-refractivity contribution in [2.45, 2.75) is 25.0 Å². The second-order valence-corrected chi connectivity index (χ2v) is 4.34. The van der Waals surface area contributed by atoms with E-state index in [2.05, 4.69) is 10.3 Å². The van der Waals surface area contributed by atoms with E-state index in [-0.39, 0.29) is 12.5 Å². The Kier molecular flexibility index (Phi) is 3.94. The van der Waals surface area contributed by atoms with Crippen LogP contribution in [0.3, 0.4) is 0 Å². The summed E-state index contributed by atoms with van der Waals surface area (Å²) in [5.41, 5.74) is 2.16. The van der Waals surface area contributed by atoms with Crippen LogP contribution in [0.15, 0.2) is 29.3 Å². The number of aliphatic hydroxyl groups excluding tert-OH is 1. The fourth-order valence-corrected chi connectivity index (χ4v) is 1.90. The van der Waals surface area contributed by atoms with Gasteiger partial charge in [-0.1, -0.05) is 24.3 Å². The lowest BCUT2D eigenvalue weighted by Gasteiger charge is -2.09. The van der Waals surface area contributed by atoms with E-state index in [0.29, 0.717) is 6.42 Å². The molecular formula is C13H16N2O3. The molecule has 0 spiro atoms. The summed E-state index contributed by atoms with van der Waals surface area (Å²) in [5, 5.41) is 20.8. The molecule has 5 nitrogen and oxygen atoms in total.